The average Bonchev–Trinajstić information content (AvgIpc) is 3.06. The van der Waals surface area contributed by atoms with Gasteiger partial charge in [-0.05, 0) is 44.0 Å². The molecule has 1 aliphatic rings. The monoisotopic (exact) mass is 344 g/mol. The van der Waals surface area contributed by atoms with Crippen molar-refractivity contribution in [3.63, 3.8) is 0 Å². The Kier molecular flexibility index (Phi) is 6.36. The van der Waals surface area contributed by atoms with Gasteiger partial charge in [0.2, 0.25) is 0 Å². The van der Waals surface area contributed by atoms with Gasteiger partial charge in [0.1, 0.15) is 0 Å². The molecule has 0 N–H and O–H groups in total. The van der Waals surface area contributed by atoms with Gasteiger partial charge in [-0.3, -0.25) is 9.58 Å². The summed E-state index contributed by atoms with van der Waals surface area (Å²) in [7, 11) is 1.96. The van der Waals surface area contributed by atoms with Gasteiger partial charge in [-0.1, -0.05) is 0 Å². The molecule has 0 aliphatic carbocycles. The molecule has 1 fully saturated rings. The van der Waals surface area contributed by atoms with Crippen LogP contribution in [0.5, 0.6) is 0 Å². The summed E-state index contributed by atoms with van der Waals surface area (Å²) < 4.78 is 7.85. The number of likely N-dealkylation sites (N-methyl/N-ethyl adjacent to an activating group) is 1. The lowest BCUT2D eigenvalue weighted by Gasteiger charge is -2.35. The maximum absolute atomic E-state index is 5.99. The molecule has 136 valence electrons. The van der Waals surface area contributed by atoms with E-state index >= 15 is 0 Å². The summed E-state index contributed by atoms with van der Waals surface area (Å²) in [5.41, 5.74) is 1.31. The van der Waals surface area contributed by atoms with Gasteiger partial charge in [-0.15, -0.1) is 5.10 Å². The van der Waals surface area contributed by atoms with Crippen molar-refractivity contribution in [1.29, 1.82) is 0 Å². The number of hydrogen-bond acceptors (Lipinski definition) is 6. The number of morpholine rings is 1. The molecule has 2 aromatic rings. The molecule has 1 saturated heterocycles. The predicted molar refractivity (Wildman–Crippen MR) is 97.6 cm³/mol. The molecule has 0 bridgehead atoms. The van der Waals surface area contributed by atoms with Crippen molar-refractivity contribution in [3.05, 3.63) is 36.3 Å². The topological polar surface area (TPSA) is 59.3 Å². The number of aromatic nitrogens is 4. The summed E-state index contributed by atoms with van der Waals surface area (Å²) >= 11 is 0. The fourth-order valence-electron chi connectivity index (χ4n) is 3.29. The van der Waals surface area contributed by atoms with Crippen LogP contribution in [-0.4, -0.2) is 70.3 Å². The largest absolute Gasteiger partial charge is 0.374 e. The van der Waals surface area contributed by atoms with E-state index in [2.05, 4.69) is 38.2 Å². The lowest BCUT2D eigenvalue weighted by Crippen LogP contribution is -2.48. The molecular formula is C18H28N6O. The smallest absolute Gasteiger partial charge is 0.151 e. The Morgan fingerprint density at radius 1 is 1.40 bits per heavy atom. The molecule has 7 nitrogen and oxygen atoms in total. The number of anilines is 1. The quantitative estimate of drug-likeness (QED) is 0.721. The van der Waals surface area contributed by atoms with E-state index in [9.17, 15) is 0 Å². The molecule has 0 radical (unpaired) electrons. The Hall–Kier alpha value is -1.99. The molecule has 7 heteroatoms. The molecule has 1 aliphatic heterocycles. The first kappa shape index (κ1) is 17.8. The van der Waals surface area contributed by atoms with Crippen molar-refractivity contribution in [1.82, 2.24) is 24.9 Å². The molecule has 3 heterocycles. The third kappa shape index (κ3) is 5.24. The zero-order valence-corrected chi connectivity index (χ0v) is 15.2. The molecule has 0 saturated carbocycles. The second-order valence-electron chi connectivity index (χ2n) is 6.54. The Bertz CT molecular complexity index is 632. The van der Waals surface area contributed by atoms with Crippen LogP contribution >= 0.6 is 0 Å². The highest BCUT2D eigenvalue weighted by Gasteiger charge is 2.22. The summed E-state index contributed by atoms with van der Waals surface area (Å²) in [6, 6.07) is 3.93. The van der Waals surface area contributed by atoms with E-state index in [4.69, 9.17) is 4.74 Å². The minimum Gasteiger partial charge on any atom is -0.374 e. The summed E-state index contributed by atoms with van der Waals surface area (Å²) in [5, 5.41) is 12.4. The Morgan fingerprint density at radius 3 is 3.04 bits per heavy atom. The maximum Gasteiger partial charge on any atom is 0.151 e. The minimum absolute atomic E-state index is 0.217. The molecular weight excluding hydrogens is 316 g/mol. The van der Waals surface area contributed by atoms with Crippen LogP contribution in [0.15, 0.2) is 30.7 Å². The normalized spacial score (nSPS) is 18.4. The molecule has 2 aromatic heterocycles. The van der Waals surface area contributed by atoms with Crippen LogP contribution in [-0.2, 0) is 18.2 Å². The second-order valence-corrected chi connectivity index (χ2v) is 6.54. The van der Waals surface area contributed by atoms with Gasteiger partial charge in [0.05, 0.1) is 18.9 Å². The van der Waals surface area contributed by atoms with Gasteiger partial charge in [0, 0.05) is 45.6 Å². The summed E-state index contributed by atoms with van der Waals surface area (Å²) in [4.78, 5) is 4.74. The first-order chi connectivity index (χ1) is 12.2. The van der Waals surface area contributed by atoms with E-state index in [1.807, 2.05) is 30.1 Å². The van der Waals surface area contributed by atoms with Crippen molar-refractivity contribution in [2.24, 2.45) is 7.05 Å². The Morgan fingerprint density at radius 2 is 2.32 bits per heavy atom. The van der Waals surface area contributed by atoms with Gasteiger partial charge >= 0.3 is 0 Å². The van der Waals surface area contributed by atoms with Crippen LogP contribution in [0.3, 0.4) is 0 Å². The van der Waals surface area contributed by atoms with E-state index in [0.29, 0.717) is 0 Å². The zero-order chi connectivity index (χ0) is 17.5. The van der Waals surface area contributed by atoms with Crippen molar-refractivity contribution in [3.8, 4) is 0 Å². The van der Waals surface area contributed by atoms with Gasteiger partial charge in [-0.25, -0.2) is 0 Å². The average molecular weight is 344 g/mol. The molecule has 25 heavy (non-hydrogen) atoms. The number of ether oxygens (including phenoxy) is 1. The van der Waals surface area contributed by atoms with E-state index in [-0.39, 0.29) is 6.10 Å². The zero-order valence-electron chi connectivity index (χ0n) is 15.2. The van der Waals surface area contributed by atoms with Crippen molar-refractivity contribution in [2.45, 2.75) is 25.9 Å². The van der Waals surface area contributed by atoms with Crippen LogP contribution in [0.4, 0.5) is 5.82 Å². The van der Waals surface area contributed by atoms with Gasteiger partial charge in [0.25, 0.3) is 0 Å². The standard InChI is InChI=1S/C18H28N6O/c1-3-24(18-7-4-8-19-21-18)15-17-14-23(10-11-25-17)9-5-6-16-12-20-22(2)13-16/h4,7-8,12-13,17H,3,5-6,9-11,14-15H2,1-2H3. The molecule has 0 amide bonds. The highest BCUT2D eigenvalue weighted by Crippen LogP contribution is 2.13. The third-order valence-corrected chi connectivity index (χ3v) is 4.61. The van der Waals surface area contributed by atoms with Crippen LogP contribution in [0.1, 0.15) is 18.9 Å². The molecule has 1 unspecified atom stereocenters. The molecule has 0 spiro atoms. The highest BCUT2D eigenvalue weighted by atomic mass is 16.5. The Labute approximate surface area is 149 Å². The molecule has 3 rings (SSSR count). The van der Waals surface area contributed by atoms with Crippen LogP contribution in [0.25, 0.3) is 0 Å². The minimum atomic E-state index is 0.217. The first-order valence-corrected chi connectivity index (χ1v) is 9.08. The Balaban J connectivity index is 1.45. The lowest BCUT2D eigenvalue weighted by atomic mass is 10.1. The van der Waals surface area contributed by atoms with E-state index in [0.717, 1.165) is 58.0 Å². The SMILES string of the molecule is CCN(CC1CN(CCCc2cnn(C)c2)CCO1)c1cccnn1. The van der Waals surface area contributed by atoms with Crippen molar-refractivity contribution < 1.29 is 4.74 Å². The number of rotatable bonds is 8. The summed E-state index contributed by atoms with van der Waals surface area (Å²) in [6.45, 7) is 7.79. The van der Waals surface area contributed by atoms with Gasteiger partial charge < -0.3 is 9.64 Å². The van der Waals surface area contributed by atoms with Gasteiger partial charge in [0.15, 0.2) is 5.82 Å². The molecule has 1 atom stereocenters. The summed E-state index contributed by atoms with van der Waals surface area (Å²) in [5.74, 6) is 0.919. The predicted octanol–water partition coefficient (Wildman–Crippen LogP) is 1.37. The fraction of sp³-hybridized carbons (Fsp3) is 0.611. The number of aryl methyl sites for hydroxylation is 2. The van der Waals surface area contributed by atoms with Gasteiger partial charge in [-0.2, -0.15) is 10.2 Å². The first-order valence-electron chi connectivity index (χ1n) is 9.08. The van der Waals surface area contributed by atoms with Crippen LogP contribution < -0.4 is 4.90 Å². The van der Waals surface area contributed by atoms with E-state index in [1.54, 1.807) is 6.20 Å². The van der Waals surface area contributed by atoms with E-state index < -0.39 is 0 Å². The lowest BCUT2D eigenvalue weighted by molar-refractivity contribution is -0.0241. The second kappa shape index (κ2) is 8.92. The van der Waals surface area contributed by atoms with Crippen molar-refractivity contribution >= 4 is 5.82 Å². The van der Waals surface area contributed by atoms with Crippen LogP contribution in [0, 0.1) is 0 Å². The highest BCUT2D eigenvalue weighted by molar-refractivity contribution is 5.36. The van der Waals surface area contributed by atoms with Crippen molar-refractivity contribution in [2.75, 3.05) is 44.2 Å². The van der Waals surface area contributed by atoms with E-state index in [1.165, 1.54) is 5.56 Å². The number of hydrogen-bond donors (Lipinski definition) is 0. The summed E-state index contributed by atoms with van der Waals surface area (Å²) in [6.07, 6.45) is 8.22. The molecule has 0 aromatic carbocycles. The fourth-order valence-corrected chi connectivity index (χ4v) is 3.29. The number of nitrogens with zero attached hydrogens (tertiary/aromatic N) is 6. The maximum atomic E-state index is 5.99. The van der Waals surface area contributed by atoms with Crippen LogP contribution in [0.2, 0.25) is 0 Å². The third-order valence-electron chi connectivity index (χ3n) is 4.61.